The van der Waals surface area contributed by atoms with Crippen molar-refractivity contribution >= 4 is 10.9 Å². The molecule has 1 fully saturated rings. The molecule has 0 atom stereocenters. The third-order valence-electron chi connectivity index (χ3n) is 4.11. The average Bonchev–Trinajstić information content (AvgIpc) is 2.79. The van der Waals surface area contributed by atoms with Crippen LogP contribution in [0.3, 0.4) is 0 Å². The van der Waals surface area contributed by atoms with Gasteiger partial charge in [-0.2, -0.15) is 0 Å². The Balaban J connectivity index is 2.10. The van der Waals surface area contributed by atoms with Crippen molar-refractivity contribution in [3.63, 3.8) is 0 Å². The molecule has 2 heterocycles. The van der Waals surface area contributed by atoms with E-state index in [4.69, 9.17) is 0 Å². The van der Waals surface area contributed by atoms with E-state index in [1.807, 2.05) is 0 Å². The molecule has 0 radical (unpaired) electrons. The minimum absolute atomic E-state index is 0.533. The van der Waals surface area contributed by atoms with Crippen molar-refractivity contribution in [2.24, 2.45) is 0 Å². The fraction of sp³-hybridized carbons (Fsp3) is 0.500. The van der Waals surface area contributed by atoms with Crippen LogP contribution in [0.25, 0.3) is 10.9 Å². The molecule has 18 heavy (non-hydrogen) atoms. The number of rotatable bonds is 2. The van der Waals surface area contributed by atoms with Crippen LogP contribution in [0, 0.1) is 0 Å². The van der Waals surface area contributed by atoms with Crippen LogP contribution in [0.1, 0.15) is 44.2 Å². The molecule has 2 aromatic rings. The van der Waals surface area contributed by atoms with Gasteiger partial charge < -0.3 is 9.88 Å². The predicted octanol–water partition coefficient (Wildman–Crippen LogP) is 3.69. The minimum atomic E-state index is 0.533. The number of hydrogen-bond donors (Lipinski definition) is 1. The summed E-state index contributed by atoms with van der Waals surface area (Å²) in [5.41, 5.74) is 2.95. The summed E-state index contributed by atoms with van der Waals surface area (Å²) in [5.74, 6) is 0.733. The van der Waals surface area contributed by atoms with Crippen LogP contribution in [0.15, 0.2) is 30.5 Å². The summed E-state index contributed by atoms with van der Waals surface area (Å²) in [6, 6.07) is 9.38. The zero-order chi connectivity index (χ0) is 12.5. The lowest BCUT2D eigenvalue weighted by molar-refractivity contribution is 0.460. The largest absolute Gasteiger partial charge is 0.345 e. The lowest BCUT2D eigenvalue weighted by atomic mass is 9.90. The van der Waals surface area contributed by atoms with Gasteiger partial charge in [-0.15, -0.1) is 0 Å². The molecule has 2 heteroatoms. The van der Waals surface area contributed by atoms with Gasteiger partial charge in [-0.25, -0.2) is 0 Å². The van der Waals surface area contributed by atoms with E-state index in [2.05, 4.69) is 54.2 Å². The number of hydrogen-bond acceptors (Lipinski definition) is 1. The smallest absolute Gasteiger partial charge is 0.0485 e. The molecule has 0 amide bonds. The van der Waals surface area contributed by atoms with Gasteiger partial charge in [-0.3, -0.25) is 0 Å². The van der Waals surface area contributed by atoms with Gasteiger partial charge in [0.05, 0.1) is 0 Å². The van der Waals surface area contributed by atoms with E-state index in [0.29, 0.717) is 6.04 Å². The van der Waals surface area contributed by atoms with Gasteiger partial charge in [-0.1, -0.05) is 18.2 Å². The molecule has 2 nitrogen and oxygen atoms in total. The molecule has 1 N–H and O–H groups in total. The summed E-state index contributed by atoms with van der Waals surface area (Å²) >= 11 is 0. The molecule has 1 aliphatic heterocycles. The molecule has 1 aromatic carbocycles. The molecule has 96 valence electrons. The molecule has 0 bridgehead atoms. The zero-order valence-electron chi connectivity index (χ0n) is 11.3. The molecule has 0 unspecified atom stereocenters. The van der Waals surface area contributed by atoms with Crippen LogP contribution in [0.4, 0.5) is 0 Å². The summed E-state index contributed by atoms with van der Waals surface area (Å²) in [6.07, 6.45) is 4.93. The number of benzene rings is 1. The third kappa shape index (κ3) is 1.95. The Morgan fingerprint density at radius 3 is 2.61 bits per heavy atom. The molecular weight excluding hydrogens is 220 g/mol. The van der Waals surface area contributed by atoms with E-state index in [1.54, 1.807) is 5.56 Å². The van der Waals surface area contributed by atoms with E-state index >= 15 is 0 Å². The average molecular weight is 242 g/mol. The minimum Gasteiger partial charge on any atom is -0.345 e. The van der Waals surface area contributed by atoms with Crippen molar-refractivity contribution in [1.29, 1.82) is 0 Å². The van der Waals surface area contributed by atoms with E-state index in [9.17, 15) is 0 Å². The summed E-state index contributed by atoms with van der Waals surface area (Å²) in [7, 11) is 0. The van der Waals surface area contributed by atoms with Gasteiger partial charge in [0.15, 0.2) is 0 Å². The fourth-order valence-corrected chi connectivity index (χ4v) is 3.12. The van der Waals surface area contributed by atoms with Gasteiger partial charge in [0.25, 0.3) is 0 Å². The highest BCUT2D eigenvalue weighted by atomic mass is 15.0. The van der Waals surface area contributed by atoms with E-state index < -0.39 is 0 Å². The van der Waals surface area contributed by atoms with Crippen molar-refractivity contribution in [2.75, 3.05) is 13.1 Å². The first kappa shape index (κ1) is 11.8. The van der Waals surface area contributed by atoms with Crippen LogP contribution in [0.5, 0.6) is 0 Å². The number of nitrogens with zero attached hydrogens (tertiary/aromatic N) is 1. The summed E-state index contributed by atoms with van der Waals surface area (Å²) in [6.45, 7) is 6.84. The maximum Gasteiger partial charge on any atom is 0.0485 e. The number of piperidine rings is 1. The van der Waals surface area contributed by atoms with E-state index in [0.717, 1.165) is 19.0 Å². The van der Waals surface area contributed by atoms with Crippen LogP contribution in [0.2, 0.25) is 0 Å². The van der Waals surface area contributed by atoms with Crippen molar-refractivity contribution < 1.29 is 0 Å². The maximum atomic E-state index is 3.46. The van der Waals surface area contributed by atoms with Gasteiger partial charge in [-0.05, 0) is 57.3 Å². The fourth-order valence-electron chi connectivity index (χ4n) is 3.12. The number of nitrogens with one attached hydrogen (secondary N) is 1. The Morgan fingerprint density at radius 1 is 1.17 bits per heavy atom. The maximum absolute atomic E-state index is 3.46. The van der Waals surface area contributed by atoms with Gasteiger partial charge in [0.1, 0.15) is 0 Å². The van der Waals surface area contributed by atoms with Crippen LogP contribution < -0.4 is 5.32 Å². The Labute approximate surface area is 109 Å². The number of para-hydroxylation sites is 1. The van der Waals surface area contributed by atoms with Crippen LogP contribution >= 0.6 is 0 Å². The highest BCUT2D eigenvalue weighted by Gasteiger charge is 2.20. The molecule has 1 saturated heterocycles. The topological polar surface area (TPSA) is 17.0 Å². The summed E-state index contributed by atoms with van der Waals surface area (Å²) in [4.78, 5) is 0. The third-order valence-corrected chi connectivity index (χ3v) is 4.11. The van der Waals surface area contributed by atoms with E-state index in [-0.39, 0.29) is 0 Å². The zero-order valence-corrected chi connectivity index (χ0v) is 11.3. The quantitative estimate of drug-likeness (QED) is 0.850. The molecule has 1 aromatic heterocycles. The molecule has 0 aliphatic carbocycles. The molecule has 3 rings (SSSR count). The second kappa shape index (κ2) is 4.77. The predicted molar refractivity (Wildman–Crippen MR) is 77.2 cm³/mol. The standard InChI is InChI=1S/C16H22N2/c1-12(2)18-11-15(13-7-9-17-10-8-13)14-5-3-4-6-16(14)18/h3-6,11-13,17H,7-10H2,1-2H3. The van der Waals surface area contributed by atoms with Gasteiger partial charge >= 0.3 is 0 Å². The van der Waals surface area contributed by atoms with Gasteiger partial charge in [0.2, 0.25) is 0 Å². The molecule has 0 saturated carbocycles. The van der Waals surface area contributed by atoms with Crippen LogP contribution in [-0.2, 0) is 0 Å². The molecular formula is C16H22N2. The van der Waals surface area contributed by atoms with Crippen molar-refractivity contribution in [3.05, 3.63) is 36.0 Å². The Kier molecular flexibility index (Phi) is 3.13. The first-order valence-electron chi connectivity index (χ1n) is 7.07. The normalized spacial score (nSPS) is 17.7. The lowest BCUT2D eigenvalue weighted by Gasteiger charge is -2.22. The summed E-state index contributed by atoms with van der Waals surface area (Å²) < 4.78 is 2.42. The monoisotopic (exact) mass is 242 g/mol. The van der Waals surface area contributed by atoms with Crippen molar-refractivity contribution in [3.8, 4) is 0 Å². The van der Waals surface area contributed by atoms with Crippen LogP contribution in [-0.4, -0.2) is 17.7 Å². The molecule has 1 aliphatic rings. The molecule has 0 spiro atoms. The highest BCUT2D eigenvalue weighted by molar-refractivity contribution is 5.84. The SMILES string of the molecule is CC(C)n1cc(C2CCNCC2)c2ccccc21. The highest BCUT2D eigenvalue weighted by Crippen LogP contribution is 2.34. The van der Waals surface area contributed by atoms with Gasteiger partial charge in [0, 0.05) is 23.1 Å². The lowest BCUT2D eigenvalue weighted by Crippen LogP contribution is -2.26. The van der Waals surface area contributed by atoms with E-state index in [1.165, 1.54) is 23.7 Å². The number of aromatic nitrogens is 1. The summed E-state index contributed by atoms with van der Waals surface area (Å²) in [5, 5.41) is 4.91. The van der Waals surface area contributed by atoms with Crippen molar-refractivity contribution in [2.45, 2.75) is 38.6 Å². The van der Waals surface area contributed by atoms with Crippen molar-refractivity contribution in [1.82, 2.24) is 9.88 Å². The Morgan fingerprint density at radius 2 is 1.89 bits per heavy atom. The second-order valence-electron chi connectivity index (χ2n) is 5.63. The Bertz CT molecular complexity index is 533. The Hall–Kier alpha value is -1.28. The first-order chi connectivity index (χ1) is 8.77. The number of fused-ring (bicyclic) bond motifs is 1. The first-order valence-corrected chi connectivity index (χ1v) is 7.07. The second-order valence-corrected chi connectivity index (χ2v) is 5.63.